The van der Waals surface area contributed by atoms with Gasteiger partial charge in [0.2, 0.25) is 0 Å². The molecule has 1 aromatic heterocycles. The second-order valence-electron chi connectivity index (χ2n) is 5.14. The summed E-state index contributed by atoms with van der Waals surface area (Å²) in [6.07, 6.45) is 6.97. The SMILES string of the molecule is C=CCNC(=O)c1cnc(N2CCCc3ccccc32)cn1. The van der Waals surface area contributed by atoms with Crippen molar-refractivity contribution in [3.8, 4) is 0 Å². The summed E-state index contributed by atoms with van der Waals surface area (Å²) >= 11 is 0. The first-order valence-electron chi connectivity index (χ1n) is 7.36. The van der Waals surface area contributed by atoms with Crippen molar-refractivity contribution in [1.82, 2.24) is 15.3 Å². The molecule has 0 radical (unpaired) electrons. The first kappa shape index (κ1) is 14.3. The molecular formula is C17H18N4O. The summed E-state index contributed by atoms with van der Waals surface area (Å²) in [6, 6.07) is 8.33. The van der Waals surface area contributed by atoms with Crippen LogP contribution in [0, 0.1) is 0 Å². The molecule has 1 aliphatic heterocycles. The van der Waals surface area contributed by atoms with E-state index in [0.717, 1.165) is 25.2 Å². The van der Waals surface area contributed by atoms with Gasteiger partial charge in [0.05, 0.1) is 12.4 Å². The number of nitrogens with zero attached hydrogens (tertiary/aromatic N) is 3. The highest BCUT2D eigenvalue weighted by molar-refractivity contribution is 5.92. The van der Waals surface area contributed by atoms with Crippen LogP contribution in [0.15, 0.2) is 49.3 Å². The van der Waals surface area contributed by atoms with Crippen molar-refractivity contribution in [2.45, 2.75) is 12.8 Å². The molecule has 0 atom stereocenters. The molecule has 2 heterocycles. The maximum absolute atomic E-state index is 11.8. The Morgan fingerprint density at radius 2 is 2.18 bits per heavy atom. The molecule has 0 saturated carbocycles. The fourth-order valence-electron chi connectivity index (χ4n) is 2.60. The standard InChI is InChI=1S/C17H18N4O/c1-2-9-18-17(22)14-11-20-16(12-19-14)21-10-5-7-13-6-3-4-8-15(13)21/h2-4,6,8,11-12H,1,5,7,9-10H2,(H,18,22). The van der Waals surface area contributed by atoms with Gasteiger partial charge in [0.25, 0.3) is 5.91 Å². The average Bonchev–Trinajstić information content (AvgIpc) is 2.59. The van der Waals surface area contributed by atoms with Crippen LogP contribution >= 0.6 is 0 Å². The van der Waals surface area contributed by atoms with Crippen LogP contribution in [0.5, 0.6) is 0 Å². The number of aryl methyl sites for hydroxylation is 1. The molecule has 0 aliphatic carbocycles. The second kappa shape index (κ2) is 6.39. The zero-order valence-electron chi connectivity index (χ0n) is 12.3. The van der Waals surface area contributed by atoms with Crippen molar-refractivity contribution in [1.29, 1.82) is 0 Å². The molecule has 3 rings (SSSR count). The fourth-order valence-corrected chi connectivity index (χ4v) is 2.60. The highest BCUT2D eigenvalue weighted by Gasteiger charge is 2.19. The maximum atomic E-state index is 11.8. The zero-order chi connectivity index (χ0) is 15.4. The highest BCUT2D eigenvalue weighted by Crippen LogP contribution is 2.31. The smallest absolute Gasteiger partial charge is 0.271 e. The molecule has 1 aliphatic rings. The highest BCUT2D eigenvalue weighted by atomic mass is 16.1. The number of aromatic nitrogens is 2. The van der Waals surface area contributed by atoms with Gasteiger partial charge in [-0.3, -0.25) is 4.79 Å². The molecule has 1 amide bonds. The minimum Gasteiger partial charge on any atom is -0.347 e. The van der Waals surface area contributed by atoms with Crippen molar-refractivity contribution >= 4 is 17.4 Å². The third kappa shape index (κ3) is 2.83. The van der Waals surface area contributed by atoms with E-state index in [1.807, 2.05) is 6.07 Å². The van der Waals surface area contributed by atoms with Gasteiger partial charge in [-0.1, -0.05) is 24.3 Å². The number of fused-ring (bicyclic) bond motifs is 1. The summed E-state index contributed by atoms with van der Waals surface area (Å²) in [6.45, 7) is 4.89. The summed E-state index contributed by atoms with van der Waals surface area (Å²) < 4.78 is 0. The Balaban J connectivity index is 1.82. The fraction of sp³-hybridized carbons (Fsp3) is 0.235. The Kier molecular flexibility index (Phi) is 4.14. The van der Waals surface area contributed by atoms with E-state index in [-0.39, 0.29) is 5.91 Å². The quantitative estimate of drug-likeness (QED) is 0.880. The van der Waals surface area contributed by atoms with Crippen LogP contribution in [-0.2, 0) is 6.42 Å². The van der Waals surface area contributed by atoms with E-state index < -0.39 is 0 Å². The number of carbonyl (C=O) groups excluding carboxylic acids is 1. The van der Waals surface area contributed by atoms with Gasteiger partial charge in [-0.15, -0.1) is 6.58 Å². The molecule has 5 heteroatoms. The van der Waals surface area contributed by atoms with Crippen LogP contribution in [0.3, 0.4) is 0 Å². The molecule has 1 aromatic carbocycles. The molecule has 1 N–H and O–H groups in total. The number of rotatable bonds is 4. The van der Waals surface area contributed by atoms with Crippen LogP contribution in [-0.4, -0.2) is 29.0 Å². The molecule has 2 aromatic rings. The molecule has 5 nitrogen and oxygen atoms in total. The predicted octanol–water partition coefficient (Wildman–Crippen LogP) is 2.48. The van der Waals surface area contributed by atoms with Crippen molar-refractivity contribution in [2.75, 3.05) is 18.0 Å². The van der Waals surface area contributed by atoms with E-state index in [2.05, 4.69) is 45.0 Å². The summed E-state index contributed by atoms with van der Waals surface area (Å²) in [5.74, 6) is 0.533. The molecule has 0 saturated heterocycles. The van der Waals surface area contributed by atoms with Crippen LogP contribution in [0.2, 0.25) is 0 Å². The van der Waals surface area contributed by atoms with Gasteiger partial charge in [0, 0.05) is 18.8 Å². The average molecular weight is 294 g/mol. The van der Waals surface area contributed by atoms with Gasteiger partial charge in [-0.25, -0.2) is 9.97 Å². The lowest BCUT2D eigenvalue weighted by Gasteiger charge is -2.30. The Labute approximate surface area is 129 Å². The number of hydrogen-bond acceptors (Lipinski definition) is 4. The zero-order valence-corrected chi connectivity index (χ0v) is 12.3. The van der Waals surface area contributed by atoms with Crippen molar-refractivity contribution in [3.05, 3.63) is 60.6 Å². The molecule has 22 heavy (non-hydrogen) atoms. The van der Waals surface area contributed by atoms with E-state index in [1.165, 1.54) is 17.4 Å². The summed E-state index contributed by atoms with van der Waals surface area (Å²) in [5, 5.41) is 2.69. The number of para-hydroxylation sites is 1. The van der Waals surface area contributed by atoms with Crippen molar-refractivity contribution in [2.24, 2.45) is 0 Å². The summed E-state index contributed by atoms with van der Waals surface area (Å²) in [7, 11) is 0. The largest absolute Gasteiger partial charge is 0.347 e. The van der Waals surface area contributed by atoms with Gasteiger partial charge in [-0.2, -0.15) is 0 Å². The van der Waals surface area contributed by atoms with E-state index in [0.29, 0.717) is 12.2 Å². The number of benzene rings is 1. The van der Waals surface area contributed by atoms with E-state index in [1.54, 1.807) is 12.3 Å². The Morgan fingerprint density at radius 1 is 1.32 bits per heavy atom. The van der Waals surface area contributed by atoms with Crippen LogP contribution < -0.4 is 10.2 Å². The first-order chi connectivity index (χ1) is 10.8. The monoisotopic (exact) mass is 294 g/mol. The molecule has 0 fully saturated rings. The topological polar surface area (TPSA) is 58.1 Å². The number of hydrogen-bond donors (Lipinski definition) is 1. The van der Waals surface area contributed by atoms with Crippen LogP contribution in [0.4, 0.5) is 11.5 Å². The van der Waals surface area contributed by atoms with Crippen molar-refractivity contribution < 1.29 is 4.79 Å². The number of nitrogens with one attached hydrogen (secondary N) is 1. The minimum atomic E-state index is -0.238. The maximum Gasteiger partial charge on any atom is 0.271 e. The Morgan fingerprint density at radius 3 is 2.95 bits per heavy atom. The molecule has 0 unspecified atom stereocenters. The second-order valence-corrected chi connectivity index (χ2v) is 5.14. The number of anilines is 2. The number of amides is 1. The lowest BCUT2D eigenvalue weighted by Crippen LogP contribution is -2.27. The van der Waals surface area contributed by atoms with E-state index in [9.17, 15) is 4.79 Å². The van der Waals surface area contributed by atoms with Gasteiger partial charge < -0.3 is 10.2 Å². The van der Waals surface area contributed by atoms with Gasteiger partial charge in [0.15, 0.2) is 5.82 Å². The Hall–Kier alpha value is -2.69. The third-order valence-electron chi connectivity index (χ3n) is 3.66. The molecule has 0 spiro atoms. The third-order valence-corrected chi connectivity index (χ3v) is 3.66. The summed E-state index contributed by atoms with van der Waals surface area (Å²) in [4.78, 5) is 22.6. The molecular weight excluding hydrogens is 276 g/mol. The van der Waals surface area contributed by atoms with E-state index >= 15 is 0 Å². The molecule has 0 bridgehead atoms. The lowest BCUT2D eigenvalue weighted by molar-refractivity contribution is 0.0952. The summed E-state index contributed by atoms with van der Waals surface area (Å²) in [5.41, 5.74) is 2.81. The predicted molar refractivity (Wildman–Crippen MR) is 86.3 cm³/mol. The minimum absolute atomic E-state index is 0.238. The van der Waals surface area contributed by atoms with E-state index in [4.69, 9.17) is 0 Å². The van der Waals surface area contributed by atoms with Crippen molar-refractivity contribution in [3.63, 3.8) is 0 Å². The van der Waals surface area contributed by atoms with Crippen LogP contribution in [0.25, 0.3) is 0 Å². The van der Waals surface area contributed by atoms with Gasteiger partial charge in [-0.05, 0) is 24.5 Å². The first-order valence-corrected chi connectivity index (χ1v) is 7.36. The van der Waals surface area contributed by atoms with Gasteiger partial charge >= 0.3 is 0 Å². The normalized spacial score (nSPS) is 13.4. The van der Waals surface area contributed by atoms with Gasteiger partial charge in [0.1, 0.15) is 5.69 Å². The Bertz CT molecular complexity index is 681. The lowest BCUT2D eigenvalue weighted by atomic mass is 10.0. The van der Waals surface area contributed by atoms with Crippen LogP contribution in [0.1, 0.15) is 22.5 Å². The number of carbonyl (C=O) groups is 1. The molecule has 112 valence electrons.